The molecule has 1 atom stereocenters. The number of oxazole rings is 1. The van der Waals surface area contributed by atoms with Crippen LogP contribution in [0.25, 0.3) is 22.6 Å². The zero-order valence-corrected chi connectivity index (χ0v) is 23.3. The number of hydrogen-bond donors (Lipinski definition) is 1. The first-order chi connectivity index (χ1) is 19.7. The second-order valence-electron chi connectivity index (χ2n) is 9.79. The molecule has 9 nitrogen and oxygen atoms in total. The van der Waals surface area contributed by atoms with E-state index in [0.717, 1.165) is 16.6 Å². The van der Waals surface area contributed by atoms with Crippen LogP contribution < -0.4 is 10.6 Å². The summed E-state index contributed by atoms with van der Waals surface area (Å²) < 4.78 is 16.4. The van der Waals surface area contributed by atoms with E-state index >= 15 is 0 Å². The van der Waals surface area contributed by atoms with Crippen molar-refractivity contribution < 1.29 is 23.5 Å². The van der Waals surface area contributed by atoms with Crippen LogP contribution in [0, 0.1) is 32.1 Å². The Morgan fingerprint density at radius 3 is 2.34 bits per heavy atom. The van der Waals surface area contributed by atoms with Crippen molar-refractivity contribution in [2.75, 3.05) is 19.1 Å². The second-order valence-corrected chi connectivity index (χ2v) is 9.79. The Morgan fingerprint density at radius 2 is 1.68 bits per heavy atom. The first-order valence-electron chi connectivity index (χ1n) is 12.8. The molecule has 0 aliphatic carbocycles. The molecule has 1 aromatic heterocycles. The van der Waals surface area contributed by atoms with E-state index in [1.54, 1.807) is 30.3 Å². The summed E-state index contributed by atoms with van der Waals surface area (Å²) in [5.41, 5.74) is 12.3. The lowest BCUT2D eigenvalue weighted by Crippen LogP contribution is -2.41. The molecule has 0 saturated heterocycles. The van der Waals surface area contributed by atoms with Crippen LogP contribution in [0.4, 0.5) is 5.69 Å². The number of esters is 2. The third-order valence-electron chi connectivity index (χ3n) is 7.13. The molecule has 41 heavy (non-hydrogen) atoms. The molecule has 1 aliphatic heterocycles. The third-order valence-corrected chi connectivity index (χ3v) is 7.13. The second kappa shape index (κ2) is 10.7. The normalized spacial score (nSPS) is 15.2. The summed E-state index contributed by atoms with van der Waals surface area (Å²) in [6.07, 6.45) is 0. The zero-order valence-electron chi connectivity index (χ0n) is 23.3. The van der Waals surface area contributed by atoms with E-state index in [0.29, 0.717) is 33.9 Å². The van der Waals surface area contributed by atoms with Crippen LogP contribution >= 0.6 is 0 Å². The van der Waals surface area contributed by atoms with Crippen molar-refractivity contribution in [3.8, 4) is 17.5 Å². The van der Waals surface area contributed by atoms with Crippen LogP contribution in [0.15, 0.2) is 87.7 Å². The Morgan fingerprint density at radius 1 is 0.976 bits per heavy atom. The van der Waals surface area contributed by atoms with Gasteiger partial charge in [0.05, 0.1) is 43.0 Å². The molecule has 2 heterocycles. The van der Waals surface area contributed by atoms with Crippen molar-refractivity contribution in [3.05, 3.63) is 106 Å². The van der Waals surface area contributed by atoms with Crippen LogP contribution in [-0.2, 0) is 19.1 Å². The Kier molecular flexibility index (Phi) is 7.08. The predicted octanol–water partition coefficient (Wildman–Crippen LogP) is 5.32. The van der Waals surface area contributed by atoms with E-state index in [1.807, 2.05) is 51.1 Å². The number of methoxy groups -OCH3 is 2. The molecule has 5 rings (SSSR count). The number of benzene rings is 3. The minimum absolute atomic E-state index is 0.0151. The van der Waals surface area contributed by atoms with E-state index in [2.05, 4.69) is 6.07 Å². The molecule has 0 amide bonds. The molecule has 0 saturated carbocycles. The molecule has 2 N–H and O–H groups in total. The highest BCUT2D eigenvalue weighted by molar-refractivity contribution is 6.06. The van der Waals surface area contributed by atoms with Crippen molar-refractivity contribution in [3.63, 3.8) is 0 Å². The molecule has 0 bridgehead atoms. The number of anilines is 1. The number of nitrogens with zero attached hydrogens (tertiary/aromatic N) is 3. The Balaban J connectivity index is 1.78. The minimum atomic E-state index is -0.953. The van der Waals surface area contributed by atoms with Gasteiger partial charge in [0.2, 0.25) is 5.89 Å². The average Bonchev–Trinajstić information content (AvgIpc) is 3.41. The molecule has 0 radical (unpaired) electrons. The summed E-state index contributed by atoms with van der Waals surface area (Å²) in [5, 5.41) is 10.3. The summed E-state index contributed by atoms with van der Waals surface area (Å²) in [6.45, 7) is 5.78. The van der Waals surface area contributed by atoms with Gasteiger partial charge in [-0.15, -0.1) is 0 Å². The average molecular weight is 549 g/mol. The van der Waals surface area contributed by atoms with Crippen LogP contribution in [0.2, 0.25) is 0 Å². The number of nitrogens with two attached hydrogens (primary N) is 1. The molecule has 4 aromatic rings. The standard InChI is InChI=1S/C32H28N4O5/c1-17-13-19(3)28-23(14-17)35-30(41-28)21-12-11-18(2)24(15-21)36-27(32(38)40-5)26(31(37)39-4)25(22(16-33)29(36)34)20-9-7-6-8-10-20/h6-15,25H,34H2,1-5H3. The van der Waals surface area contributed by atoms with Crippen LogP contribution in [0.5, 0.6) is 0 Å². The monoisotopic (exact) mass is 548 g/mol. The third kappa shape index (κ3) is 4.59. The molecule has 9 heteroatoms. The van der Waals surface area contributed by atoms with Crippen molar-refractivity contribution in [2.45, 2.75) is 26.7 Å². The molecule has 1 aliphatic rings. The zero-order chi connectivity index (χ0) is 29.4. The summed E-state index contributed by atoms with van der Waals surface area (Å²) >= 11 is 0. The van der Waals surface area contributed by atoms with Gasteiger partial charge in [0, 0.05) is 5.56 Å². The number of allylic oxidation sites excluding steroid dienone is 1. The molecule has 0 spiro atoms. The predicted molar refractivity (Wildman–Crippen MR) is 153 cm³/mol. The number of aromatic nitrogens is 1. The minimum Gasteiger partial charge on any atom is -0.466 e. The number of ether oxygens (including phenoxy) is 2. The number of fused-ring (bicyclic) bond motifs is 1. The van der Waals surface area contributed by atoms with Crippen LogP contribution in [0.3, 0.4) is 0 Å². The first-order valence-corrected chi connectivity index (χ1v) is 12.8. The van der Waals surface area contributed by atoms with Gasteiger partial charge in [-0.05, 0) is 61.2 Å². The first kappa shape index (κ1) is 27.2. The van der Waals surface area contributed by atoms with Gasteiger partial charge in [0.1, 0.15) is 17.0 Å². The summed E-state index contributed by atoms with van der Waals surface area (Å²) in [6, 6.07) is 20.4. The van der Waals surface area contributed by atoms with Gasteiger partial charge in [-0.1, -0.05) is 42.5 Å². The van der Waals surface area contributed by atoms with Gasteiger partial charge in [-0.25, -0.2) is 14.6 Å². The molecular formula is C32H28N4O5. The lowest BCUT2D eigenvalue weighted by Gasteiger charge is -2.36. The lowest BCUT2D eigenvalue weighted by molar-refractivity contribution is -0.139. The summed E-state index contributed by atoms with van der Waals surface area (Å²) in [7, 11) is 2.43. The van der Waals surface area contributed by atoms with Gasteiger partial charge < -0.3 is 19.6 Å². The van der Waals surface area contributed by atoms with Gasteiger partial charge in [-0.2, -0.15) is 5.26 Å². The molecule has 1 unspecified atom stereocenters. The largest absolute Gasteiger partial charge is 0.466 e. The van der Waals surface area contributed by atoms with Gasteiger partial charge in [-0.3, -0.25) is 4.90 Å². The fraction of sp³-hybridized carbons (Fsp3) is 0.188. The van der Waals surface area contributed by atoms with E-state index < -0.39 is 17.9 Å². The molecule has 3 aromatic carbocycles. The fourth-order valence-corrected chi connectivity index (χ4v) is 5.25. The van der Waals surface area contributed by atoms with Crippen molar-refractivity contribution >= 4 is 28.7 Å². The Bertz CT molecular complexity index is 1810. The van der Waals surface area contributed by atoms with Crippen molar-refractivity contribution in [1.29, 1.82) is 5.26 Å². The summed E-state index contributed by atoms with van der Waals surface area (Å²) in [4.78, 5) is 32.8. The topological polar surface area (TPSA) is 132 Å². The smallest absolute Gasteiger partial charge is 0.355 e. The van der Waals surface area contributed by atoms with Gasteiger partial charge in [0.25, 0.3) is 0 Å². The Hall–Kier alpha value is -5.36. The Labute approximate surface area is 237 Å². The number of carbonyl (C=O) groups excluding carboxylic acids is 2. The maximum Gasteiger partial charge on any atom is 0.355 e. The van der Waals surface area contributed by atoms with E-state index in [9.17, 15) is 14.9 Å². The molecule has 0 fully saturated rings. The number of nitriles is 1. The van der Waals surface area contributed by atoms with Crippen molar-refractivity contribution in [1.82, 2.24) is 4.98 Å². The van der Waals surface area contributed by atoms with Crippen LogP contribution in [0.1, 0.15) is 28.2 Å². The fourth-order valence-electron chi connectivity index (χ4n) is 5.25. The van der Waals surface area contributed by atoms with Gasteiger partial charge in [0.15, 0.2) is 5.58 Å². The van der Waals surface area contributed by atoms with Crippen molar-refractivity contribution in [2.24, 2.45) is 5.73 Å². The van der Waals surface area contributed by atoms with E-state index in [1.165, 1.54) is 19.1 Å². The maximum atomic E-state index is 13.4. The van der Waals surface area contributed by atoms with E-state index in [4.69, 9.17) is 24.6 Å². The SMILES string of the molecule is COC(=O)C1=C(C(=O)OC)N(c2cc(-c3nc4cc(C)cc(C)c4o3)ccc2C)C(N)=C(C#N)C1c1ccccc1. The number of aryl methyl sites for hydroxylation is 3. The van der Waals surface area contributed by atoms with Crippen LogP contribution in [-0.4, -0.2) is 31.1 Å². The molecule has 206 valence electrons. The van der Waals surface area contributed by atoms with E-state index in [-0.39, 0.29) is 22.7 Å². The quantitative estimate of drug-likeness (QED) is 0.329. The maximum absolute atomic E-state index is 13.4. The number of rotatable bonds is 5. The highest BCUT2D eigenvalue weighted by Gasteiger charge is 2.43. The molecular weight excluding hydrogens is 520 g/mol. The van der Waals surface area contributed by atoms with Gasteiger partial charge >= 0.3 is 11.9 Å². The summed E-state index contributed by atoms with van der Waals surface area (Å²) in [5.74, 6) is -2.20. The number of hydrogen-bond acceptors (Lipinski definition) is 9. The highest BCUT2D eigenvalue weighted by Crippen LogP contribution is 2.44. The lowest BCUT2D eigenvalue weighted by atomic mass is 9.80. The highest BCUT2D eigenvalue weighted by atomic mass is 16.5. The number of carbonyl (C=O) groups is 2.